The van der Waals surface area contributed by atoms with Gasteiger partial charge in [0.25, 0.3) is 15.9 Å². The van der Waals surface area contributed by atoms with Gasteiger partial charge in [0.1, 0.15) is 5.75 Å². The van der Waals surface area contributed by atoms with E-state index in [1.807, 2.05) is 0 Å². The van der Waals surface area contributed by atoms with Crippen molar-refractivity contribution in [1.29, 1.82) is 0 Å². The van der Waals surface area contributed by atoms with Gasteiger partial charge < -0.3 is 14.8 Å². The van der Waals surface area contributed by atoms with E-state index >= 15 is 0 Å². The molecule has 1 amide bonds. The number of hydrogen-bond acceptors (Lipinski definition) is 6. The van der Waals surface area contributed by atoms with E-state index < -0.39 is 21.9 Å². The van der Waals surface area contributed by atoms with Gasteiger partial charge in [-0.3, -0.25) is 9.52 Å². The summed E-state index contributed by atoms with van der Waals surface area (Å²) < 4.78 is 38.4. The number of hydrogen-bond donors (Lipinski definition) is 2. The number of anilines is 2. The minimum Gasteiger partial charge on any atom is -0.495 e. The maximum absolute atomic E-state index is 12.9. The van der Waals surface area contributed by atoms with Gasteiger partial charge in [0.15, 0.2) is 0 Å². The molecule has 178 valence electrons. The van der Waals surface area contributed by atoms with Crippen LogP contribution in [-0.2, 0) is 14.8 Å². The van der Waals surface area contributed by atoms with Gasteiger partial charge in [0.05, 0.1) is 40.4 Å². The van der Waals surface area contributed by atoms with Crippen molar-refractivity contribution in [3.63, 3.8) is 0 Å². The molecule has 0 radical (unpaired) electrons. The highest BCUT2D eigenvalue weighted by molar-refractivity contribution is 7.92. The Morgan fingerprint density at radius 2 is 1.68 bits per heavy atom. The van der Waals surface area contributed by atoms with Crippen LogP contribution in [0.2, 0.25) is 10.0 Å². The molecule has 11 heteroatoms. The minimum absolute atomic E-state index is 0.124. The van der Waals surface area contributed by atoms with Gasteiger partial charge in [-0.25, -0.2) is 13.2 Å². The molecule has 0 unspecified atom stereocenters. The summed E-state index contributed by atoms with van der Waals surface area (Å²) in [7, 11) is -2.65. The van der Waals surface area contributed by atoms with Gasteiger partial charge in [-0.1, -0.05) is 23.2 Å². The summed E-state index contributed by atoms with van der Waals surface area (Å²) >= 11 is 12.0. The second-order valence-corrected chi connectivity index (χ2v) is 9.37. The summed E-state index contributed by atoms with van der Waals surface area (Å²) in [6, 6.07) is 14.2. The van der Waals surface area contributed by atoms with Crippen molar-refractivity contribution in [2.75, 3.05) is 23.8 Å². The first-order valence-electron chi connectivity index (χ1n) is 9.89. The molecular formula is C23H20Cl2N2O6S. The first kappa shape index (κ1) is 25.4. The van der Waals surface area contributed by atoms with E-state index in [2.05, 4.69) is 10.0 Å². The molecule has 0 aromatic heterocycles. The molecule has 0 bridgehead atoms. The predicted octanol–water partition coefficient (Wildman–Crippen LogP) is 5.23. The molecule has 3 aromatic carbocycles. The third kappa shape index (κ3) is 5.99. The number of amides is 1. The summed E-state index contributed by atoms with van der Waals surface area (Å²) in [5.41, 5.74) is 0.808. The van der Waals surface area contributed by atoms with E-state index in [1.54, 1.807) is 6.92 Å². The lowest BCUT2D eigenvalue weighted by Crippen LogP contribution is -2.16. The quantitative estimate of drug-likeness (QED) is 0.391. The topological polar surface area (TPSA) is 111 Å². The summed E-state index contributed by atoms with van der Waals surface area (Å²) in [5.74, 6) is -0.832. The zero-order valence-electron chi connectivity index (χ0n) is 18.1. The number of sulfonamides is 1. The minimum atomic E-state index is -4.03. The second-order valence-electron chi connectivity index (χ2n) is 6.84. The Morgan fingerprint density at radius 3 is 2.29 bits per heavy atom. The summed E-state index contributed by atoms with van der Waals surface area (Å²) in [4.78, 5) is 24.3. The average molecular weight is 523 g/mol. The molecule has 34 heavy (non-hydrogen) atoms. The third-order valence-electron chi connectivity index (χ3n) is 4.55. The number of carbonyl (C=O) groups is 2. The highest BCUT2D eigenvalue weighted by Crippen LogP contribution is 2.30. The lowest BCUT2D eigenvalue weighted by atomic mass is 10.2. The van der Waals surface area contributed by atoms with Crippen LogP contribution < -0.4 is 14.8 Å². The van der Waals surface area contributed by atoms with Crippen LogP contribution >= 0.6 is 23.2 Å². The van der Waals surface area contributed by atoms with Crippen molar-refractivity contribution >= 4 is 56.5 Å². The molecule has 3 aromatic rings. The first-order valence-corrected chi connectivity index (χ1v) is 12.1. The average Bonchev–Trinajstić information content (AvgIpc) is 2.79. The molecule has 0 aliphatic rings. The predicted molar refractivity (Wildman–Crippen MR) is 131 cm³/mol. The Hall–Kier alpha value is -3.27. The number of ether oxygens (including phenoxy) is 2. The van der Waals surface area contributed by atoms with Crippen molar-refractivity contribution in [1.82, 2.24) is 0 Å². The van der Waals surface area contributed by atoms with Crippen molar-refractivity contribution in [3.8, 4) is 5.75 Å². The van der Waals surface area contributed by atoms with Crippen LogP contribution in [0.5, 0.6) is 5.75 Å². The van der Waals surface area contributed by atoms with Crippen LogP contribution in [0.1, 0.15) is 27.6 Å². The Kier molecular flexibility index (Phi) is 8.03. The Morgan fingerprint density at radius 1 is 0.971 bits per heavy atom. The fraction of sp³-hybridized carbons (Fsp3) is 0.130. The molecule has 0 saturated carbocycles. The lowest BCUT2D eigenvalue weighted by Gasteiger charge is -2.14. The van der Waals surface area contributed by atoms with E-state index in [4.69, 9.17) is 32.7 Å². The largest absolute Gasteiger partial charge is 0.495 e. The Balaban J connectivity index is 1.84. The molecule has 0 aliphatic carbocycles. The van der Waals surface area contributed by atoms with Crippen molar-refractivity contribution in [3.05, 3.63) is 81.8 Å². The molecule has 0 spiro atoms. The van der Waals surface area contributed by atoms with Crippen LogP contribution in [-0.4, -0.2) is 34.0 Å². The maximum atomic E-state index is 12.9. The van der Waals surface area contributed by atoms with Gasteiger partial charge in [0.2, 0.25) is 0 Å². The smallest absolute Gasteiger partial charge is 0.338 e. The molecule has 0 fully saturated rings. The van der Waals surface area contributed by atoms with Gasteiger partial charge in [-0.2, -0.15) is 0 Å². The molecule has 0 saturated heterocycles. The third-order valence-corrected chi connectivity index (χ3v) is 6.48. The fourth-order valence-corrected chi connectivity index (χ4v) is 4.50. The normalized spacial score (nSPS) is 10.9. The van der Waals surface area contributed by atoms with Crippen LogP contribution in [0, 0.1) is 0 Å². The van der Waals surface area contributed by atoms with Gasteiger partial charge >= 0.3 is 5.97 Å². The Bertz CT molecular complexity index is 1330. The zero-order valence-corrected chi connectivity index (χ0v) is 20.4. The fourth-order valence-electron chi connectivity index (χ4n) is 2.92. The molecule has 0 heterocycles. The maximum Gasteiger partial charge on any atom is 0.338 e. The van der Waals surface area contributed by atoms with E-state index in [0.717, 1.165) is 0 Å². The van der Waals surface area contributed by atoms with Gasteiger partial charge in [-0.15, -0.1) is 0 Å². The first-order chi connectivity index (χ1) is 16.1. The summed E-state index contributed by atoms with van der Waals surface area (Å²) in [6.45, 7) is 1.92. The van der Waals surface area contributed by atoms with Crippen molar-refractivity contribution in [2.45, 2.75) is 11.8 Å². The zero-order chi connectivity index (χ0) is 24.9. The van der Waals surface area contributed by atoms with E-state index in [0.29, 0.717) is 10.6 Å². The molecule has 0 aliphatic heterocycles. The van der Waals surface area contributed by atoms with Crippen LogP contribution in [0.4, 0.5) is 11.4 Å². The SMILES string of the molecule is CCOC(=O)c1ccc(NS(=O)(=O)c2ccc(OC)c(NC(=O)c3ccc(Cl)cc3Cl)c2)cc1. The molecule has 0 atom stereocenters. The molecular weight excluding hydrogens is 503 g/mol. The lowest BCUT2D eigenvalue weighted by molar-refractivity contribution is 0.0526. The number of carbonyl (C=O) groups excluding carboxylic acids is 2. The Labute approximate surface area is 206 Å². The van der Waals surface area contributed by atoms with E-state index in [1.165, 1.54) is 67.8 Å². The number of rotatable bonds is 8. The van der Waals surface area contributed by atoms with Crippen LogP contribution in [0.15, 0.2) is 65.6 Å². The molecule has 2 N–H and O–H groups in total. The number of methoxy groups -OCH3 is 1. The highest BCUT2D eigenvalue weighted by Gasteiger charge is 2.19. The molecule has 3 rings (SSSR count). The van der Waals surface area contributed by atoms with E-state index in [-0.39, 0.29) is 39.2 Å². The number of benzene rings is 3. The van der Waals surface area contributed by atoms with Crippen molar-refractivity contribution < 1.29 is 27.5 Å². The van der Waals surface area contributed by atoms with Crippen LogP contribution in [0.3, 0.4) is 0 Å². The van der Waals surface area contributed by atoms with Gasteiger partial charge in [0, 0.05) is 10.7 Å². The standard InChI is InChI=1S/C23H20Cl2N2O6S/c1-3-33-23(29)14-4-7-16(8-5-14)27-34(30,31)17-9-11-21(32-2)20(13-17)26-22(28)18-10-6-15(24)12-19(18)25/h4-13,27H,3H2,1-2H3,(H,26,28). The van der Waals surface area contributed by atoms with Crippen LogP contribution in [0.25, 0.3) is 0 Å². The number of halogens is 2. The monoisotopic (exact) mass is 522 g/mol. The van der Waals surface area contributed by atoms with Crippen molar-refractivity contribution in [2.24, 2.45) is 0 Å². The van der Waals surface area contributed by atoms with E-state index in [9.17, 15) is 18.0 Å². The second kappa shape index (κ2) is 10.8. The number of nitrogens with one attached hydrogen (secondary N) is 2. The summed E-state index contributed by atoms with van der Waals surface area (Å²) in [6.07, 6.45) is 0. The summed E-state index contributed by atoms with van der Waals surface area (Å²) in [5, 5.41) is 3.12. The highest BCUT2D eigenvalue weighted by atomic mass is 35.5. The molecule has 8 nitrogen and oxygen atoms in total. The number of esters is 1. The van der Waals surface area contributed by atoms with Gasteiger partial charge in [-0.05, 0) is 67.6 Å².